The highest BCUT2D eigenvalue weighted by molar-refractivity contribution is 8.11. The Morgan fingerprint density at radius 1 is 1.30 bits per heavy atom. The molecule has 0 aliphatic carbocycles. The van der Waals surface area contributed by atoms with Gasteiger partial charge in [-0.15, -0.1) is 0 Å². The van der Waals surface area contributed by atoms with Crippen molar-refractivity contribution in [1.29, 1.82) is 0 Å². The number of benzene rings is 1. The maximum absolute atomic E-state index is 12.2. The molecule has 10 heavy (non-hydrogen) atoms. The van der Waals surface area contributed by atoms with Crippen molar-refractivity contribution in [2.24, 2.45) is 0 Å². The third-order valence-electron chi connectivity index (χ3n) is 0.998. The topological polar surface area (TPSA) is 17.1 Å². The van der Waals surface area contributed by atoms with Crippen LogP contribution in [-0.2, 0) is 4.79 Å². The second-order valence-corrected chi connectivity index (χ2v) is 2.57. The molecule has 3 heteroatoms. The van der Waals surface area contributed by atoms with Crippen molar-refractivity contribution in [2.45, 2.75) is 4.90 Å². The van der Waals surface area contributed by atoms with Crippen molar-refractivity contribution in [2.75, 3.05) is 0 Å². The number of rotatable bonds is 2. The molecule has 0 unspecified atom stereocenters. The minimum absolute atomic E-state index is 0.282. The summed E-state index contributed by atoms with van der Waals surface area (Å²) in [6, 6.07) is 5.78. The van der Waals surface area contributed by atoms with Crippen LogP contribution in [0.15, 0.2) is 29.2 Å². The van der Waals surface area contributed by atoms with E-state index in [4.69, 9.17) is 0 Å². The van der Waals surface area contributed by atoms with Gasteiger partial charge in [0.05, 0.1) is 0 Å². The molecule has 0 heterocycles. The Morgan fingerprint density at radius 3 is 2.40 bits per heavy atom. The average molecular weight is 156 g/mol. The summed E-state index contributed by atoms with van der Waals surface area (Å²) >= 11 is 1.04. The Kier molecular flexibility index (Phi) is 2.45. The second-order valence-electron chi connectivity index (χ2n) is 1.67. The zero-order valence-electron chi connectivity index (χ0n) is 5.08. The van der Waals surface area contributed by atoms with E-state index < -0.39 is 0 Å². The lowest BCUT2D eigenvalue weighted by atomic mass is 10.4. The lowest BCUT2D eigenvalue weighted by molar-refractivity contribution is 0.570. The molecule has 1 aromatic rings. The second kappa shape index (κ2) is 3.37. The number of hydrogen-bond acceptors (Lipinski definition) is 2. The third kappa shape index (κ3) is 1.84. The molecule has 0 radical (unpaired) electrons. The number of carbonyl (C=O) groups excluding carboxylic acids is 1. The first kappa shape index (κ1) is 7.28. The summed E-state index contributed by atoms with van der Waals surface area (Å²) in [4.78, 5) is 10.7. The minimum Gasteiger partial charge on any atom is -0.291 e. The first-order valence-corrected chi connectivity index (χ1v) is 3.57. The molecule has 0 fully saturated rings. The predicted molar refractivity (Wildman–Crippen MR) is 39.0 cm³/mol. The van der Waals surface area contributed by atoms with Gasteiger partial charge in [-0.25, -0.2) is 4.39 Å². The molecule has 52 valence electrons. The van der Waals surface area contributed by atoms with Gasteiger partial charge in [0.15, 0.2) is 5.62 Å². The molecule has 0 saturated heterocycles. The van der Waals surface area contributed by atoms with E-state index in [2.05, 4.69) is 0 Å². The van der Waals surface area contributed by atoms with Crippen molar-refractivity contribution < 1.29 is 9.18 Å². The minimum atomic E-state index is -0.282. The normalized spacial score (nSPS) is 9.30. The fourth-order valence-electron chi connectivity index (χ4n) is 0.569. The molecule has 0 atom stereocenters. The average Bonchev–Trinajstić information content (AvgIpc) is 1.95. The van der Waals surface area contributed by atoms with E-state index in [0.717, 1.165) is 16.7 Å². The fraction of sp³-hybridized carbons (Fsp3) is 0. The third-order valence-corrected chi connectivity index (χ3v) is 1.64. The molecule has 1 nitrogen and oxygen atoms in total. The standard InChI is InChI=1S/C7H5FOS/c8-6-1-3-7(4-2-6)10-5-9/h1-5H. The summed E-state index contributed by atoms with van der Waals surface area (Å²) in [5.74, 6) is -0.282. The van der Waals surface area contributed by atoms with E-state index >= 15 is 0 Å². The van der Waals surface area contributed by atoms with Crippen LogP contribution in [0.2, 0.25) is 0 Å². The number of carbonyl (C=O) groups is 1. The monoisotopic (exact) mass is 156 g/mol. The van der Waals surface area contributed by atoms with Crippen LogP contribution in [0.25, 0.3) is 0 Å². The van der Waals surface area contributed by atoms with E-state index in [1.165, 1.54) is 12.1 Å². The largest absolute Gasteiger partial charge is 0.291 e. The highest BCUT2D eigenvalue weighted by Crippen LogP contribution is 2.14. The molecule has 0 bridgehead atoms. The summed E-state index contributed by atoms with van der Waals surface area (Å²) in [5, 5.41) is 0. The smallest absolute Gasteiger partial charge is 0.180 e. The Hall–Kier alpha value is -0.830. The van der Waals surface area contributed by atoms with E-state index in [9.17, 15) is 9.18 Å². The van der Waals surface area contributed by atoms with Crippen molar-refractivity contribution in [1.82, 2.24) is 0 Å². The van der Waals surface area contributed by atoms with Crippen molar-refractivity contribution in [3.63, 3.8) is 0 Å². The van der Waals surface area contributed by atoms with Crippen LogP contribution < -0.4 is 0 Å². The van der Waals surface area contributed by atoms with Gasteiger partial charge in [0.2, 0.25) is 0 Å². The van der Waals surface area contributed by atoms with Crippen LogP contribution in [0.5, 0.6) is 0 Å². The SMILES string of the molecule is O=CSc1ccc(F)cc1. The lowest BCUT2D eigenvalue weighted by Crippen LogP contribution is -1.72. The number of halogens is 1. The molecule has 0 aliphatic heterocycles. The molecule has 0 saturated carbocycles. The van der Waals surface area contributed by atoms with Crippen LogP contribution in [0.3, 0.4) is 0 Å². The van der Waals surface area contributed by atoms with Crippen LogP contribution in [0.4, 0.5) is 4.39 Å². The first-order chi connectivity index (χ1) is 4.83. The summed E-state index contributed by atoms with van der Waals surface area (Å²) < 4.78 is 12.2. The van der Waals surface area contributed by atoms with Gasteiger partial charge in [-0.3, -0.25) is 4.79 Å². The molecule has 1 aromatic carbocycles. The zero-order valence-corrected chi connectivity index (χ0v) is 5.90. The highest BCUT2D eigenvalue weighted by Gasteiger charge is 1.91. The summed E-state index contributed by atoms with van der Waals surface area (Å²) in [5.41, 5.74) is 0.716. The molecule has 0 spiro atoms. The van der Waals surface area contributed by atoms with Gasteiger partial charge in [0.25, 0.3) is 0 Å². The zero-order chi connectivity index (χ0) is 7.40. The van der Waals surface area contributed by atoms with E-state index in [1.807, 2.05) is 0 Å². The maximum atomic E-state index is 12.2. The Bertz CT molecular complexity index is 220. The number of hydrogen-bond donors (Lipinski definition) is 0. The molecule has 0 N–H and O–H groups in total. The fourth-order valence-corrected chi connectivity index (χ4v) is 0.973. The van der Waals surface area contributed by atoms with Gasteiger partial charge in [-0.2, -0.15) is 0 Å². The van der Waals surface area contributed by atoms with E-state index in [-0.39, 0.29) is 5.82 Å². The Labute approximate surface area is 62.2 Å². The maximum Gasteiger partial charge on any atom is 0.180 e. The summed E-state index contributed by atoms with van der Waals surface area (Å²) in [7, 11) is 0. The van der Waals surface area contributed by atoms with E-state index in [1.54, 1.807) is 12.1 Å². The highest BCUT2D eigenvalue weighted by atomic mass is 32.2. The summed E-state index contributed by atoms with van der Waals surface area (Å²) in [6.45, 7) is 0. The first-order valence-electron chi connectivity index (χ1n) is 2.69. The van der Waals surface area contributed by atoms with Gasteiger partial charge in [-0.1, -0.05) is 11.8 Å². The van der Waals surface area contributed by atoms with Gasteiger partial charge >= 0.3 is 0 Å². The van der Waals surface area contributed by atoms with Gasteiger partial charge in [-0.05, 0) is 24.3 Å². The van der Waals surface area contributed by atoms with Crippen LogP contribution >= 0.6 is 11.8 Å². The van der Waals surface area contributed by atoms with Gasteiger partial charge in [0, 0.05) is 4.90 Å². The lowest BCUT2D eigenvalue weighted by Gasteiger charge is -1.91. The van der Waals surface area contributed by atoms with Crippen molar-refractivity contribution >= 4 is 17.4 Å². The molecule has 0 aliphatic rings. The number of thioether (sulfide) groups is 1. The molecule has 1 rings (SSSR count). The molecular formula is C7H5FOS. The van der Waals surface area contributed by atoms with Crippen molar-refractivity contribution in [3.05, 3.63) is 30.1 Å². The van der Waals surface area contributed by atoms with Crippen molar-refractivity contribution in [3.8, 4) is 0 Å². The van der Waals surface area contributed by atoms with Crippen LogP contribution in [0.1, 0.15) is 0 Å². The molecule has 0 aromatic heterocycles. The Morgan fingerprint density at radius 2 is 1.90 bits per heavy atom. The van der Waals surface area contributed by atoms with Crippen LogP contribution in [0, 0.1) is 5.82 Å². The quantitative estimate of drug-likeness (QED) is 0.482. The molecular weight excluding hydrogens is 151 g/mol. The predicted octanol–water partition coefficient (Wildman–Crippen LogP) is 2.11. The summed E-state index contributed by atoms with van der Waals surface area (Å²) in [6.07, 6.45) is 0. The van der Waals surface area contributed by atoms with Crippen LogP contribution in [-0.4, -0.2) is 5.62 Å². The van der Waals surface area contributed by atoms with Gasteiger partial charge < -0.3 is 0 Å². The Balaban J connectivity index is 2.78. The molecule has 0 amide bonds. The van der Waals surface area contributed by atoms with E-state index in [0.29, 0.717) is 5.62 Å². The van der Waals surface area contributed by atoms with Gasteiger partial charge in [0.1, 0.15) is 5.82 Å².